The monoisotopic (exact) mass is 249 g/mol. The van der Waals surface area contributed by atoms with E-state index in [-0.39, 0.29) is 18.1 Å². The van der Waals surface area contributed by atoms with E-state index in [1.54, 1.807) is 17.9 Å². The van der Waals surface area contributed by atoms with Crippen molar-refractivity contribution in [1.29, 1.82) is 0 Å². The predicted octanol–water partition coefficient (Wildman–Crippen LogP) is -0.0465. The summed E-state index contributed by atoms with van der Waals surface area (Å²) in [7, 11) is 1.74. The van der Waals surface area contributed by atoms with Gasteiger partial charge in [0.1, 0.15) is 6.54 Å². The molecule has 18 heavy (non-hydrogen) atoms. The summed E-state index contributed by atoms with van der Waals surface area (Å²) in [4.78, 5) is 22.2. The minimum Gasteiger partial charge on any atom is -0.476 e. The van der Waals surface area contributed by atoms with Gasteiger partial charge in [0, 0.05) is 19.4 Å². The Hall–Kier alpha value is -2.64. The Morgan fingerprint density at radius 3 is 2.83 bits per heavy atom. The van der Waals surface area contributed by atoms with Crippen LogP contribution in [-0.2, 0) is 18.4 Å². The van der Waals surface area contributed by atoms with Crippen LogP contribution in [0.25, 0.3) is 0 Å². The summed E-state index contributed by atoms with van der Waals surface area (Å²) in [6.07, 6.45) is 4.61. The number of carboxylic acid groups (broad SMARTS) is 1. The summed E-state index contributed by atoms with van der Waals surface area (Å²) in [6.45, 7) is -0.0534. The van der Waals surface area contributed by atoms with Gasteiger partial charge in [-0.2, -0.15) is 10.2 Å². The van der Waals surface area contributed by atoms with E-state index in [1.165, 1.54) is 23.1 Å². The maximum absolute atomic E-state index is 11.6. The van der Waals surface area contributed by atoms with Crippen LogP contribution < -0.4 is 5.32 Å². The van der Waals surface area contributed by atoms with E-state index in [1.807, 2.05) is 0 Å². The van der Waals surface area contributed by atoms with Crippen LogP contribution in [0.1, 0.15) is 10.5 Å². The molecule has 8 nitrogen and oxygen atoms in total. The third-order valence-electron chi connectivity index (χ3n) is 2.15. The van der Waals surface area contributed by atoms with Gasteiger partial charge >= 0.3 is 5.97 Å². The number of aromatic carboxylic acids is 1. The second kappa shape index (κ2) is 4.70. The summed E-state index contributed by atoms with van der Waals surface area (Å²) in [5, 5.41) is 18.9. The predicted molar refractivity (Wildman–Crippen MR) is 61.0 cm³/mol. The topological polar surface area (TPSA) is 102 Å². The highest BCUT2D eigenvalue weighted by Gasteiger charge is 2.09. The quantitative estimate of drug-likeness (QED) is 0.791. The molecule has 0 spiro atoms. The largest absolute Gasteiger partial charge is 0.476 e. The molecule has 0 radical (unpaired) electrons. The second-order valence-electron chi connectivity index (χ2n) is 3.65. The first-order chi connectivity index (χ1) is 8.54. The Kier molecular flexibility index (Phi) is 3.09. The van der Waals surface area contributed by atoms with E-state index >= 15 is 0 Å². The normalized spacial score (nSPS) is 10.3. The van der Waals surface area contributed by atoms with E-state index in [0.717, 1.165) is 0 Å². The van der Waals surface area contributed by atoms with Gasteiger partial charge in [0.2, 0.25) is 5.91 Å². The number of rotatable bonds is 4. The fraction of sp³-hybridized carbons (Fsp3) is 0.200. The Bertz CT molecular complexity index is 586. The minimum absolute atomic E-state index is 0.0534. The van der Waals surface area contributed by atoms with Crippen LogP contribution in [0.5, 0.6) is 0 Å². The first kappa shape index (κ1) is 11.8. The molecular formula is C10H11N5O3. The van der Waals surface area contributed by atoms with Crippen molar-refractivity contribution in [3.8, 4) is 0 Å². The van der Waals surface area contributed by atoms with Gasteiger partial charge in [-0.1, -0.05) is 0 Å². The Morgan fingerprint density at radius 2 is 2.28 bits per heavy atom. The van der Waals surface area contributed by atoms with E-state index in [0.29, 0.717) is 5.69 Å². The Balaban J connectivity index is 1.96. The maximum atomic E-state index is 11.6. The Morgan fingerprint density at radius 1 is 1.50 bits per heavy atom. The van der Waals surface area contributed by atoms with Crippen molar-refractivity contribution >= 4 is 17.6 Å². The second-order valence-corrected chi connectivity index (χ2v) is 3.65. The third-order valence-corrected chi connectivity index (χ3v) is 2.15. The number of aryl methyl sites for hydroxylation is 1. The number of carboxylic acids is 1. The van der Waals surface area contributed by atoms with Crippen molar-refractivity contribution in [2.75, 3.05) is 5.32 Å². The number of nitrogens with one attached hydrogen (secondary N) is 1. The fourth-order valence-electron chi connectivity index (χ4n) is 1.40. The molecule has 0 bridgehead atoms. The third kappa shape index (κ3) is 2.73. The number of anilines is 1. The van der Waals surface area contributed by atoms with Crippen LogP contribution in [0.15, 0.2) is 24.7 Å². The molecule has 1 amide bonds. The molecule has 0 saturated carbocycles. The molecule has 2 heterocycles. The zero-order valence-corrected chi connectivity index (χ0v) is 9.57. The first-order valence-electron chi connectivity index (χ1n) is 5.10. The van der Waals surface area contributed by atoms with E-state index in [9.17, 15) is 9.59 Å². The van der Waals surface area contributed by atoms with E-state index in [2.05, 4.69) is 15.5 Å². The Labute approximate surface area is 102 Å². The number of hydrogen-bond acceptors (Lipinski definition) is 4. The smallest absolute Gasteiger partial charge is 0.356 e. The fourth-order valence-corrected chi connectivity index (χ4v) is 1.40. The van der Waals surface area contributed by atoms with Crippen LogP contribution in [0.4, 0.5) is 5.69 Å². The molecular weight excluding hydrogens is 238 g/mol. The first-order valence-corrected chi connectivity index (χ1v) is 5.10. The highest BCUT2D eigenvalue weighted by molar-refractivity contribution is 5.90. The van der Waals surface area contributed by atoms with Gasteiger partial charge in [-0.3, -0.25) is 14.2 Å². The van der Waals surface area contributed by atoms with Gasteiger partial charge in [-0.15, -0.1) is 0 Å². The number of amides is 1. The van der Waals surface area contributed by atoms with Gasteiger partial charge in [-0.25, -0.2) is 4.79 Å². The van der Waals surface area contributed by atoms with Crippen molar-refractivity contribution < 1.29 is 14.7 Å². The van der Waals surface area contributed by atoms with Crippen LogP contribution >= 0.6 is 0 Å². The van der Waals surface area contributed by atoms with E-state index in [4.69, 9.17) is 5.11 Å². The molecule has 2 rings (SSSR count). The van der Waals surface area contributed by atoms with Crippen molar-refractivity contribution in [1.82, 2.24) is 19.6 Å². The van der Waals surface area contributed by atoms with Crippen LogP contribution in [0.3, 0.4) is 0 Å². The van der Waals surface area contributed by atoms with E-state index < -0.39 is 5.97 Å². The summed E-state index contributed by atoms with van der Waals surface area (Å²) in [5.41, 5.74) is 0.484. The molecule has 0 unspecified atom stereocenters. The minimum atomic E-state index is -1.12. The number of carbonyl (C=O) groups excluding carboxylic acids is 1. The number of aromatic nitrogens is 4. The summed E-state index contributed by atoms with van der Waals surface area (Å²) < 4.78 is 2.82. The summed E-state index contributed by atoms with van der Waals surface area (Å²) in [5.74, 6) is -1.43. The number of hydrogen-bond donors (Lipinski definition) is 2. The van der Waals surface area contributed by atoms with Crippen molar-refractivity contribution in [3.63, 3.8) is 0 Å². The molecule has 2 aromatic heterocycles. The van der Waals surface area contributed by atoms with Gasteiger partial charge in [0.05, 0.1) is 11.9 Å². The van der Waals surface area contributed by atoms with Gasteiger partial charge in [0.15, 0.2) is 5.69 Å². The summed E-state index contributed by atoms with van der Waals surface area (Å²) >= 11 is 0. The lowest BCUT2D eigenvalue weighted by molar-refractivity contribution is -0.116. The van der Waals surface area contributed by atoms with Crippen LogP contribution in [0.2, 0.25) is 0 Å². The lowest BCUT2D eigenvalue weighted by Crippen LogP contribution is -2.19. The molecule has 8 heteroatoms. The van der Waals surface area contributed by atoms with Gasteiger partial charge in [0.25, 0.3) is 0 Å². The van der Waals surface area contributed by atoms with Crippen molar-refractivity contribution in [3.05, 3.63) is 30.4 Å². The molecule has 0 aromatic carbocycles. The molecule has 94 valence electrons. The number of nitrogens with zero attached hydrogens (tertiary/aromatic N) is 4. The average molecular weight is 249 g/mol. The molecule has 0 aliphatic rings. The van der Waals surface area contributed by atoms with Crippen LogP contribution in [-0.4, -0.2) is 36.5 Å². The van der Waals surface area contributed by atoms with Crippen LogP contribution in [0, 0.1) is 0 Å². The van der Waals surface area contributed by atoms with Crippen molar-refractivity contribution in [2.24, 2.45) is 7.05 Å². The molecule has 0 aliphatic carbocycles. The molecule has 2 N–H and O–H groups in total. The molecule has 2 aromatic rings. The zero-order chi connectivity index (χ0) is 13.1. The molecule has 0 atom stereocenters. The molecule has 0 saturated heterocycles. The van der Waals surface area contributed by atoms with Crippen molar-refractivity contribution in [2.45, 2.75) is 6.54 Å². The highest BCUT2D eigenvalue weighted by atomic mass is 16.4. The lowest BCUT2D eigenvalue weighted by atomic mass is 10.4. The van der Waals surface area contributed by atoms with Gasteiger partial charge < -0.3 is 10.4 Å². The van der Waals surface area contributed by atoms with Gasteiger partial charge in [-0.05, 0) is 6.07 Å². The highest BCUT2D eigenvalue weighted by Crippen LogP contribution is 2.03. The maximum Gasteiger partial charge on any atom is 0.356 e. The molecule has 0 fully saturated rings. The SMILES string of the molecule is Cn1cc(NC(=O)Cn2ccc(C(=O)O)n2)cn1. The number of carbonyl (C=O) groups is 2. The average Bonchev–Trinajstić information content (AvgIpc) is 2.88. The lowest BCUT2D eigenvalue weighted by Gasteiger charge is -2.02. The standard InChI is InChI=1S/C10H11N5O3/c1-14-5-7(4-11-14)12-9(16)6-15-3-2-8(13-15)10(17)18/h2-5H,6H2,1H3,(H,12,16)(H,17,18). The zero-order valence-electron chi connectivity index (χ0n) is 9.57. The molecule has 0 aliphatic heterocycles. The summed E-state index contributed by atoms with van der Waals surface area (Å²) in [6, 6.07) is 1.33.